The van der Waals surface area contributed by atoms with Gasteiger partial charge in [-0.3, -0.25) is 9.80 Å². The molecule has 0 radical (unpaired) electrons. The van der Waals surface area contributed by atoms with Gasteiger partial charge in [0.15, 0.2) is 0 Å². The SMILES string of the molecule is Cc1nc(CN2C[C@H](O)[C@@H](N3CCCC3)C2)n(C)c1C. The normalized spacial score (nSPS) is 28.6. The third-order valence-electron chi connectivity index (χ3n) is 5.02. The molecule has 5 heteroatoms. The van der Waals surface area contributed by atoms with E-state index in [4.69, 9.17) is 0 Å². The molecule has 2 atom stereocenters. The topological polar surface area (TPSA) is 44.5 Å². The van der Waals surface area contributed by atoms with Crippen molar-refractivity contribution >= 4 is 0 Å². The fourth-order valence-corrected chi connectivity index (χ4v) is 3.54. The Morgan fingerprint density at radius 1 is 1.20 bits per heavy atom. The van der Waals surface area contributed by atoms with E-state index in [-0.39, 0.29) is 6.10 Å². The molecule has 0 amide bonds. The van der Waals surface area contributed by atoms with Crippen LogP contribution in [0.3, 0.4) is 0 Å². The van der Waals surface area contributed by atoms with Gasteiger partial charge in [0, 0.05) is 31.9 Å². The summed E-state index contributed by atoms with van der Waals surface area (Å²) in [6.07, 6.45) is 2.35. The van der Waals surface area contributed by atoms with Gasteiger partial charge in [0.25, 0.3) is 0 Å². The average molecular weight is 278 g/mol. The van der Waals surface area contributed by atoms with E-state index >= 15 is 0 Å². The number of aryl methyl sites for hydroxylation is 1. The maximum absolute atomic E-state index is 10.3. The molecule has 0 saturated carbocycles. The molecular weight excluding hydrogens is 252 g/mol. The van der Waals surface area contributed by atoms with Crippen LogP contribution in [-0.4, -0.2) is 62.8 Å². The van der Waals surface area contributed by atoms with Crippen LogP contribution < -0.4 is 0 Å². The second-order valence-corrected chi connectivity index (χ2v) is 6.33. The molecule has 5 nitrogen and oxygen atoms in total. The molecule has 0 aliphatic carbocycles. The van der Waals surface area contributed by atoms with Crippen LogP contribution in [-0.2, 0) is 13.6 Å². The van der Waals surface area contributed by atoms with E-state index in [1.165, 1.54) is 18.5 Å². The second-order valence-electron chi connectivity index (χ2n) is 6.33. The summed E-state index contributed by atoms with van der Waals surface area (Å²) in [4.78, 5) is 9.45. The lowest BCUT2D eigenvalue weighted by Crippen LogP contribution is -2.41. The van der Waals surface area contributed by atoms with Crippen LogP contribution in [0.5, 0.6) is 0 Å². The van der Waals surface area contributed by atoms with Gasteiger partial charge in [-0.2, -0.15) is 0 Å². The maximum Gasteiger partial charge on any atom is 0.123 e. The number of hydrogen-bond acceptors (Lipinski definition) is 4. The molecular formula is C15H26N4O. The number of likely N-dealkylation sites (tertiary alicyclic amines) is 2. The van der Waals surface area contributed by atoms with Crippen LogP contribution >= 0.6 is 0 Å². The number of hydrogen-bond donors (Lipinski definition) is 1. The Morgan fingerprint density at radius 3 is 2.50 bits per heavy atom. The lowest BCUT2D eigenvalue weighted by molar-refractivity contribution is 0.0977. The Bertz CT molecular complexity index is 478. The smallest absolute Gasteiger partial charge is 0.123 e. The van der Waals surface area contributed by atoms with Crippen molar-refractivity contribution in [3.8, 4) is 0 Å². The van der Waals surface area contributed by atoms with Gasteiger partial charge in [0.1, 0.15) is 5.82 Å². The minimum absolute atomic E-state index is 0.212. The Morgan fingerprint density at radius 2 is 1.90 bits per heavy atom. The first kappa shape index (κ1) is 14.0. The summed E-state index contributed by atoms with van der Waals surface area (Å²) >= 11 is 0. The van der Waals surface area contributed by atoms with E-state index in [2.05, 4.69) is 40.2 Å². The summed E-state index contributed by atoms with van der Waals surface area (Å²) in [5.74, 6) is 1.11. The molecule has 3 heterocycles. The van der Waals surface area contributed by atoms with Crippen LogP contribution in [0.4, 0.5) is 0 Å². The predicted octanol–water partition coefficient (Wildman–Crippen LogP) is 0.678. The fraction of sp³-hybridized carbons (Fsp3) is 0.800. The van der Waals surface area contributed by atoms with Crippen molar-refractivity contribution < 1.29 is 5.11 Å². The van der Waals surface area contributed by atoms with Crippen LogP contribution in [0.2, 0.25) is 0 Å². The molecule has 0 aromatic carbocycles. The Hall–Kier alpha value is -0.910. The first-order valence-electron chi connectivity index (χ1n) is 7.69. The molecule has 0 bridgehead atoms. The Labute approximate surface area is 121 Å². The zero-order valence-corrected chi connectivity index (χ0v) is 12.8. The quantitative estimate of drug-likeness (QED) is 0.883. The highest BCUT2D eigenvalue weighted by Gasteiger charge is 2.36. The summed E-state index contributed by atoms with van der Waals surface area (Å²) in [7, 11) is 2.08. The van der Waals surface area contributed by atoms with Gasteiger partial charge in [-0.15, -0.1) is 0 Å². The first-order valence-corrected chi connectivity index (χ1v) is 7.69. The molecule has 1 N–H and O–H groups in total. The highest BCUT2D eigenvalue weighted by Crippen LogP contribution is 2.22. The number of imidazole rings is 1. The number of aliphatic hydroxyl groups excluding tert-OH is 1. The van der Waals surface area contributed by atoms with E-state index in [9.17, 15) is 5.11 Å². The highest BCUT2D eigenvalue weighted by atomic mass is 16.3. The molecule has 1 aromatic heterocycles. The average Bonchev–Trinajstić information content (AvgIpc) is 3.09. The van der Waals surface area contributed by atoms with Gasteiger partial charge >= 0.3 is 0 Å². The molecule has 1 aromatic rings. The lowest BCUT2D eigenvalue weighted by Gasteiger charge is -2.25. The van der Waals surface area contributed by atoms with Crippen LogP contribution in [0.15, 0.2) is 0 Å². The summed E-state index contributed by atoms with van der Waals surface area (Å²) in [5, 5.41) is 10.3. The minimum atomic E-state index is -0.212. The number of aromatic nitrogens is 2. The predicted molar refractivity (Wildman–Crippen MR) is 78.6 cm³/mol. The summed E-state index contributed by atoms with van der Waals surface area (Å²) in [6.45, 7) is 9.04. The number of nitrogens with zero attached hydrogens (tertiary/aromatic N) is 4. The number of β-amino-alcohol motifs (C(OH)–C–C–N with tert-alkyl or cyclic N) is 1. The summed E-state index contributed by atoms with van der Waals surface area (Å²) in [5.41, 5.74) is 2.34. The second kappa shape index (κ2) is 5.47. The van der Waals surface area contributed by atoms with Gasteiger partial charge in [-0.25, -0.2) is 4.98 Å². The molecule has 0 unspecified atom stereocenters. The van der Waals surface area contributed by atoms with Gasteiger partial charge in [-0.1, -0.05) is 0 Å². The zero-order valence-electron chi connectivity index (χ0n) is 12.8. The highest BCUT2D eigenvalue weighted by molar-refractivity contribution is 5.13. The molecule has 2 aliphatic heterocycles. The molecule has 20 heavy (non-hydrogen) atoms. The molecule has 2 aliphatic rings. The summed E-state index contributed by atoms with van der Waals surface area (Å²) in [6, 6.07) is 0.319. The maximum atomic E-state index is 10.3. The fourth-order valence-electron chi connectivity index (χ4n) is 3.54. The van der Waals surface area contributed by atoms with Crippen LogP contribution in [0.1, 0.15) is 30.1 Å². The zero-order chi connectivity index (χ0) is 14.3. The van der Waals surface area contributed by atoms with E-state index in [0.29, 0.717) is 6.04 Å². The molecule has 3 rings (SSSR count). The molecule has 2 fully saturated rings. The Kier molecular flexibility index (Phi) is 3.84. The van der Waals surface area contributed by atoms with Crippen molar-refractivity contribution in [3.05, 3.63) is 17.2 Å². The first-order chi connectivity index (χ1) is 9.56. The number of aliphatic hydroxyl groups is 1. The Balaban J connectivity index is 1.65. The summed E-state index contributed by atoms with van der Waals surface area (Å²) < 4.78 is 2.17. The molecule has 112 valence electrons. The van der Waals surface area contributed by atoms with Gasteiger partial charge in [-0.05, 0) is 39.8 Å². The van der Waals surface area contributed by atoms with Crippen molar-refractivity contribution in [2.24, 2.45) is 7.05 Å². The van der Waals surface area contributed by atoms with E-state index in [0.717, 1.165) is 44.2 Å². The van der Waals surface area contributed by atoms with E-state index in [1.807, 2.05) is 0 Å². The third-order valence-corrected chi connectivity index (χ3v) is 5.02. The largest absolute Gasteiger partial charge is 0.390 e. The monoisotopic (exact) mass is 278 g/mol. The standard InChI is InChI=1S/C15H26N4O/c1-11-12(2)17(3)15(16-11)10-18-8-13(14(20)9-18)19-6-4-5-7-19/h13-14,20H,4-10H2,1-3H3/t13-,14-/m0/s1. The van der Waals surface area contributed by atoms with E-state index < -0.39 is 0 Å². The van der Waals surface area contributed by atoms with Crippen LogP contribution in [0.25, 0.3) is 0 Å². The lowest BCUT2D eigenvalue weighted by atomic mass is 10.2. The van der Waals surface area contributed by atoms with Crippen molar-refractivity contribution in [2.45, 2.75) is 45.4 Å². The van der Waals surface area contributed by atoms with Gasteiger partial charge < -0.3 is 9.67 Å². The van der Waals surface area contributed by atoms with Crippen molar-refractivity contribution in [3.63, 3.8) is 0 Å². The van der Waals surface area contributed by atoms with Crippen molar-refractivity contribution in [2.75, 3.05) is 26.2 Å². The van der Waals surface area contributed by atoms with Gasteiger partial charge in [0.05, 0.1) is 18.3 Å². The number of rotatable bonds is 3. The third kappa shape index (κ3) is 2.50. The van der Waals surface area contributed by atoms with Crippen molar-refractivity contribution in [1.82, 2.24) is 19.4 Å². The van der Waals surface area contributed by atoms with Crippen LogP contribution in [0, 0.1) is 13.8 Å². The van der Waals surface area contributed by atoms with Gasteiger partial charge in [0.2, 0.25) is 0 Å². The van der Waals surface area contributed by atoms with Crippen molar-refractivity contribution in [1.29, 1.82) is 0 Å². The van der Waals surface area contributed by atoms with E-state index in [1.54, 1.807) is 0 Å². The molecule has 0 spiro atoms. The molecule has 2 saturated heterocycles. The minimum Gasteiger partial charge on any atom is -0.390 e.